The second kappa shape index (κ2) is 10.7. The van der Waals surface area contributed by atoms with E-state index in [0.717, 1.165) is 6.42 Å². The number of imide groups is 1. The third kappa shape index (κ3) is 7.32. The second-order valence-electron chi connectivity index (χ2n) is 8.52. The molecule has 2 atom stereocenters. The predicted molar refractivity (Wildman–Crippen MR) is 115 cm³/mol. The summed E-state index contributed by atoms with van der Waals surface area (Å²) in [4.78, 5) is 35.5. The molecule has 0 unspecified atom stereocenters. The highest BCUT2D eigenvalue weighted by atomic mass is 32.2. The normalized spacial score (nSPS) is 19.6. The average molecular weight is 454 g/mol. The first-order valence-corrected chi connectivity index (χ1v) is 11.8. The number of hydrogen-bond donors (Lipinski definition) is 2. The van der Waals surface area contributed by atoms with Gasteiger partial charge in [0, 0.05) is 19.6 Å². The Bertz CT molecular complexity index is 888. The fourth-order valence-corrected chi connectivity index (χ4v) is 5.11. The van der Waals surface area contributed by atoms with Crippen LogP contribution in [0, 0.1) is 17.8 Å². The van der Waals surface area contributed by atoms with Gasteiger partial charge in [0.2, 0.25) is 10.0 Å². The fourth-order valence-electron chi connectivity index (χ4n) is 3.43. The van der Waals surface area contributed by atoms with Crippen molar-refractivity contribution in [3.05, 3.63) is 29.8 Å². The Labute approximate surface area is 183 Å². The molecule has 1 aliphatic rings. The molecule has 31 heavy (non-hydrogen) atoms. The van der Waals surface area contributed by atoms with E-state index < -0.39 is 34.5 Å². The Hall–Kier alpha value is -2.46. The number of benzene rings is 1. The van der Waals surface area contributed by atoms with Crippen LogP contribution in [0.3, 0.4) is 0 Å². The highest BCUT2D eigenvalue weighted by Crippen LogP contribution is 2.26. The van der Waals surface area contributed by atoms with Gasteiger partial charge in [-0.15, -0.1) is 0 Å². The van der Waals surface area contributed by atoms with E-state index in [4.69, 9.17) is 4.74 Å². The molecule has 2 rings (SSSR count). The minimum atomic E-state index is -3.65. The molecular formula is C21H31N3O6S. The van der Waals surface area contributed by atoms with Crippen LogP contribution in [0.2, 0.25) is 0 Å². The molecule has 1 aromatic rings. The number of nitrogens with one attached hydrogen (secondary N) is 2. The van der Waals surface area contributed by atoms with E-state index in [1.165, 1.54) is 28.6 Å². The number of nitrogens with zero attached hydrogens (tertiary/aromatic N) is 1. The minimum absolute atomic E-state index is 0.102. The molecule has 0 radical (unpaired) electrons. The lowest BCUT2D eigenvalue weighted by molar-refractivity contribution is -0.123. The van der Waals surface area contributed by atoms with Crippen LogP contribution in [-0.2, 0) is 19.6 Å². The second-order valence-corrected chi connectivity index (χ2v) is 10.5. The van der Waals surface area contributed by atoms with Gasteiger partial charge in [-0.25, -0.2) is 18.0 Å². The van der Waals surface area contributed by atoms with Crippen molar-refractivity contribution < 1.29 is 27.5 Å². The first-order valence-electron chi connectivity index (χ1n) is 10.3. The lowest BCUT2D eigenvalue weighted by Crippen LogP contribution is -2.42. The van der Waals surface area contributed by atoms with Crippen molar-refractivity contribution in [1.29, 1.82) is 0 Å². The Morgan fingerprint density at radius 2 is 1.68 bits per heavy atom. The van der Waals surface area contributed by atoms with Crippen molar-refractivity contribution in [2.75, 3.05) is 26.2 Å². The molecule has 0 aromatic heterocycles. The minimum Gasteiger partial charge on any atom is -0.452 e. The molecule has 10 heteroatoms. The van der Waals surface area contributed by atoms with E-state index in [1.807, 2.05) is 27.7 Å². The fraction of sp³-hybridized carbons (Fsp3) is 0.571. The van der Waals surface area contributed by atoms with Crippen LogP contribution in [0.1, 0.15) is 44.5 Å². The lowest BCUT2D eigenvalue weighted by atomic mass is 9.94. The zero-order valence-electron chi connectivity index (χ0n) is 18.4. The molecule has 3 amide bonds. The van der Waals surface area contributed by atoms with Crippen LogP contribution in [0.5, 0.6) is 0 Å². The first kappa shape index (κ1) is 24.8. The van der Waals surface area contributed by atoms with Crippen molar-refractivity contribution >= 4 is 27.9 Å². The number of hydrogen-bond acceptors (Lipinski definition) is 6. The van der Waals surface area contributed by atoms with Crippen molar-refractivity contribution in [3.63, 3.8) is 0 Å². The summed E-state index contributed by atoms with van der Waals surface area (Å²) in [6, 6.07) is 4.74. The maximum Gasteiger partial charge on any atom is 0.338 e. The smallest absolute Gasteiger partial charge is 0.338 e. The van der Waals surface area contributed by atoms with Gasteiger partial charge in [0.15, 0.2) is 6.61 Å². The quantitative estimate of drug-likeness (QED) is 0.609. The Balaban J connectivity index is 1.91. The summed E-state index contributed by atoms with van der Waals surface area (Å²) in [6.45, 7) is 8.60. The molecule has 1 heterocycles. The van der Waals surface area contributed by atoms with Crippen LogP contribution in [0.25, 0.3) is 0 Å². The van der Waals surface area contributed by atoms with Crippen LogP contribution >= 0.6 is 0 Å². The van der Waals surface area contributed by atoms with E-state index in [2.05, 4.69) is 10.6 Å². The molecule has 0 spiro atoms. The molecule has 1 saturated heterocycles. The van der Waals surface area contributed by atoms with Crippen molar-refractivity contribution in [1.82, 2.24) is 14.9 Å². The Morgan fingerprint density at radius 1 is 1.10 bits per heavy atom. The van der Waals surface area contributed by atoms with E-state index >= 15 is 0 Å². The molecule has 0 bridgehead atoms. The van der Waals surface area contributed by atoms with Crippen LogP contribution < -0.4 is 10.6 Å². The van der Waals surface area contributed by atoms with E-state index in [9.17, 15) is 22.8 Å². The summed E-state index contributed by atoms with van der Waals surface area (Å²) in [6.07, 6.45) is 0.990. The number of rotatable bonds is 7. The van der Waals surface area contributed by atoms with Crippen LogP contribution in [0.15, 0.2) is 29.2 Å². The SMILES string of the molecule is CC(C)CNC(=O)NC(=O)COC(=O)c1ccc(S(=O)(=O)N2C[C@H](C)C[C@H](C)C2)cc1. The molecule has 0 aliphatic carbocycles. The molecule has 0 saturated carbocycles. The molecular weight excluding hydrogens is 422 g/mol. The average Bonchev–Trinajstić information content (AvgIpc) is 2.70. The molecule has 1 aromatic carbocycles. The van der Waals surface area contributed by atoms with Crippen LogP contribution in [0.4, 0.5) is 4.79 Å². The van der Waals surface area contributed by atoms with Crippen molar-refractivity contribution in [3.8, 4) is 0 Å². The van der Waals surface area contributed by atoms with E-state index in [1.54, 1.807) is 0 Å². The van der Waals surface area contributed by atoms with Gasteiger partial charge in [-0.2, -0.15) is 4.31 Å². The highest BCUT2D eigenvalue weighted by Gasteiger charge is 2.31. The van der Waals surface area contributed by atoms with Gasteiger partial charge < -0.3 is 10.1 Å². The topological polar surface area (TPSA) is 122 Å². The number of esters is 1. The standard InChI is InChI=1S/C21H31N3O6S/c1-14(2)10-22-21(27)23-19(25)13-30-20(26)17-5-7-18(8-6-17)31(28,29)24-11-15(3)9-16(4)12-24/h5-8,14-16H,9-13H2,1-4H3,(H2,22,23,25,27)/t15-,16+. The number of piperidine rings is 1. The third-order valence-corrected chi connectivity index (χ3v) is 6.67. The van der Waals surface area contributed by atoms with Crippen molar-refractivity contribution in [2.24, 2.45) is 17.8 Å². The zero-order valence-corrected chi connectivity index (χ0v) is 19.2. The maximum atomic E-state index is 12.9. The summed E-state index contributed by atoms with van der Waals surface area (Å²) >= 11 is 0. The van der Waals surface area contributed by atoms with Gasteiger partial charge in [0.1, 0.15) is 0 Å². The molecule has 2 N–H and O–H groups in total. The summed E-state index contributed by atoms with van der Waals surface area (Å²) in [7, 11) is -3.65. The third-order valence-electron chi connectivity index (χ3n) is 4.82. The van der Waals surface area contributed by atoms with Crippen molar-refractivity contribution in [2.45, 2.75) is 39.0 Å². The number of carbonyl (C=O) groups is 3. The number of ether oxygens (including phenoxy) is 1. The largest absolute Gasteiger partial charge is 0.452 e. The van der Waals surface area contributed by atoms with Crippen LogP contribution in [-0.4, -0.2) is 56.9 Å². The van der Waals surface area contributed by atoms with Gasteiger partial charge >= 0.3 is 12.0 Å². The summed E-state index contributed by atoms with van der Waals surface area (Å²) in [5.41, 5.74) is 0.108. The lowest BCUT2D eigenvalue weighted by Gasteiger charge is -2.34. The first-order chi connectivity index (χ1) is 14.5. The zero-order chi connectivity index (χ0) is 23.2. The number of carbonyl (C=O) groups excluding carboxylic acids is 3. The molecule has 9 nitrogen and oxygen atoms in total. The highest BCUT2D eigenvalue weighted by molar-refractivity contribution is 7.89. The number of sulfonamides is 1. The van der Waals surface area contributed by atoms with E-state index in [-0.39, 0.29) is 28.2 Å². The number of urea groups is 1. The summed E-state index contributed by atoms with van der Waals surface area (Å²) in [5.74, 6) is -0.756. The monoisotopic (exact) mass is 453 g/mol. The van der Waals surface area contributed by atoms with Gasteiger partial charge in [-0.05, 0) is 48.4 Å². The van der Waals surface area contributed by atoms with Gasteiger partial charge in [0.05, 0.1) is 10.5 Å². The molecule has 172 valence electrons. The predicted octanol–water partition coefficient (Wildman–Crippen LogP) is 1.99. The van der Waals surface area contributed by atoms with E-state index in [0.29, 0.717) is 19.6 Å². The molecule has 1 aliphatic heterocycles. The summed E-state index contributed by atoms with van der Waals surface area (Å²) < 4.78 is 32.2. The Morgan fingerprint density at radius 3 is 2.23 bits per heavy atom. The summed E-state index contributed by atoms with van der Waals surface area (Å²) in [5, 5.41) is 4.58. The van der Waals surface area contributed by atoms with Gasteiger partial charge in [-0.3, -0.25) is 10.1 Å². The maximum absolute atomic E-state index is 12.9. The van der Waals surface area contributed by atoms with Gasteiger partial charge in [0.25, 0.3) is 5.91 Å². The number of amides is 3. The van der Waals surface area contributed by atoms with Gasteiger partial charge in [-0.1, -0.05) is 27.7 Å². The Kier molecular flexibility index (Phi) is 8.58. The molecule has 1 fully saturated rings.